The topological polar surface area (TPSA) is 124 Å². The van der Waals surface area contributed by atoms with Crippen molar-refractivity contribution in [1.29, 1.82) is 0 Å². The number of aromatic nitrogens is 1. The molecule has 0 aliphatic carbocycles. The van der Waals surface area contributed by atoms with Crippen molar-refractivity contribution in [3.8, 4) is 5.75 Å². The van der Waals surface area contributed by atoms with E-state index in [1.807, 2.05) is 128 Å². The number of amides is 5. The van der Waals surface area contributed by atoms with Crippen LogP contribution in [0, 0.1) is 6.92 Å². The fraction of sp³-hybridized carbons (Fsp3) is 0.433. The highest BCUT2D eigenvalue weighted by Crippen LogP contribution is 2.33. The number of hydrogen-bond acceptors (Lipinski definition) is 7. The standard InChI is InChI=1S/C15H21NO.C12H15NO2.C12H15NO.C11H12ClNO.C10H12N2O/c1-4-5-6-12-7-8-14-13(9-12)10-16(11(2)3)15(14)17;1-8(2)13-7-10-9(12(13)14)5-4-6-11(10)15-3;1-8(2)13-7-10-5-4-9(3)6-11(10)12(13)14;1-7(2)13-6-9-8(11(13)14)4-3-5-10(9)12;1-7(2)12-6-9-8(10(12)13)4-3-5-11-9/h7-9,11H,4-6,10H2,1-3H3;4-6,8H,7H2,1-3H3;4-6,8H,7H2,1-3H3;3-5,7H,6H2,1-2H3;3-5,7H,6H2,1-2H3. The van der Waals surface area contributed by atoms with Crippen molar-refractivity contribution in [2.24, 2.45) is 0 Å². The lowest BCUT2D eigenvalue weighted by molar-refractivity contribution is 0.0722. The van der Waals surface area contributed by atoms with Crippen molar-refractivity contribution in [3.05, 3.63) is 163 Å². The summed E-state index contributed by atoms with van der Waals surface area (Å²) in [5.74, 6) is 1.49. The molecule has 73 heavy (non-hydrogen) atoms. The Balaban J connectivity index is 0.000000149. The Labute approximate surface area is 438 Å². The van der Waals surface area contributed by atoms with Crippen molar-refractivity contribution >= 4 is 41.1 Å². The fourth-order valence-corrected chi connectivity index (χ4v) is 9.67. The van der Waals surface area contributed by atoms with E-state index < -0.39 is 0 Å². The van der Waals surface area contributed by atoms with Crippen LogP contribution in [0.4, 0.5) is 0 Å². The van der Waals surface area contributed by atoms with Crippen LogP contribution in [0.2, 0.25) is 5.02 Å². The van der Waals surface area contributed by atoms with Crippen molar-refractivity contribution < 1.29 is 28.7 Å². The lowest BCUT2D eigenvalue weighted by atomic mass is 10.0. The van der Waals surface area contributed by atoms with Gasteiger partial charge in [0.2, 0.25) is 0 Å². The number of halogens is 1. The molecule has 5 aliphatic heterocycles. The number of ether oxygens (including phenoxy) is 1. The Morgan fingerprint density at radius 2 is 1.01 bits per heavy atom. The van der Waals surface area contributed by atoms with Crippen molar-refractivity contribution in [1.82, 2.24) is 29.5 Å². The van der Waals surface area contributed by atoms with Gasteiger partial charge in [0.05, 0.1) is 31.5 Å². The maximum absolute atomic E-state index is 12.1. The van der Waals surface area contributed by atoms with Gasteiger partial charge in [-0.15, -0.1) is 0 Å². The Bertz CT molecular complexity index is 2810. The fourth-order valence-electron chi connectivity index (χ4n) is 9.44. The maximum Gasteiger partial charge on any atom is 0.256 e. The molecule has 5 aromatic rings. The molecule has 0 N–H and O–H groups in total. The number of methoxy groups -OCH3 is 1. The molecule has 0 fully saturated rings. The number of fused-ring (bicyclic) bond motifs is 5. The second-order valence-corrected chi connectivity index (χ2v) is 21.0. The maximum atomic E-state index is 12.1. The monoisotopic (exact) mass is 1010 g/mol. The van der Waals surface area contributed by atoms with E-state index in [1.54, 1.807) is 19.4 Å². The summed E-state index contributed by atoms with van der Waals surface area (Å²) in [6, 6.07) is 28.5. The molecule has 5 amide bonds. The Hall–Kier alpha value is -6.53. The molecule has 0 saturated heterocycles. The molecule has 6 heterocycles. The molecule has 13 heteroatoms. The number of carbonyl (C=O) groups excluding carboxylic acids is 5. The summed E-state index contributed by atoms with van der Waals surface area (Å²) in [4.78, 5) is 73.1. The third-order valence-electron chi connectivity index (χ3n) is 13.8. The predicted octanol–water partition coefficient (Wildman–Crippen LogP) is 12.0. The number of benzene rings is 4. The minimum atomic E-state index is 0.0949. The molecular weight excluding hydrogens is 936 g/mol. The molecule has 0 saturated carbocycles. The van der Waals surface area contributed by atoms with E-state index in [4.69, 9.17) is 16.3 Å². The largest absolute Gasteiger partial charge is 0.496 e. The normalized spacial score (nSPS) is 14.9. The van der Waals surface area contributed by atoms with Crippen LogP contribution in [0.3, 0.4) is 0 Å². The van der Waals surface area contributed by atoms with Crippen molar-refractivity contribution in [3.63, 3.8) is 0 Å². The van der Waals surface area contributed by atoms with E-state index in [0.717, 1.165) is 81.0 Å². The van der Waals surface area contributed by atoms with E-state index in [-0.39, 0.29) is 59.7 Å². The van der Waals surface area contributed by atoms with Crippen LogP contribution < -0.4 is 4.74 Å². The molecule has 5 aliphatic rings. The van der Waals surface area contributed by atoms with Gasteiger partial charge in [-0.1, -0.05) is 66.9 Å². The van der Waals surface area contributed by atoms with Crippen LogP contribution in [0.1, 0.15) is 180 Å². The highest BCUT2D eigenvalue weighted by atomic mass is 35.5. The smallest absolute Gasteiger partial charge is 0.256 e. The van der Waals surface area contributed by atoms with E-state index in [2.05, 4.69) is 63.9 Å². The summed E-state index contributed by atoms with van der Waals surface area (Å²) < 4.78 is 5.25. The zero-order chi connectivity index (χ0) is 53.4. The van der Waals surface area contributed by atoms with Gasteiger partial charge in [0.1, 0.15) is 5.75 Å². The number of nitrogens with zero attached hydrogens (tertiary/aromatic N) is 6. The average Bonchev–Trinajstić information content (AvgIpc) is 4.17. The number of carbonyl (C=O) groups is 5. The Kier molecular flexibility index (Phi) is 18.7. The molecule has 1 aromatic heterocycles. The first-order valence-corrected chi connectivity index (χ1v) is 26.2. The molecule has 0 spiro atoms. The SMILES string of the molecule is CC(C)N1Cc2c(Cl)cccc2C1=O.CC(C)N1Cc2ncccc2C1=O.CCCCc1ccc2c(c1)CN(C(C)C)C2=O.COc1cccc2c1CN(C(C)C)C2=O.Cc1ccc2c(c1)C(=O)N(C(C)C)C2. The first-order chi connectivity index (χ1) is 34.7. The highest BCUT2D eigenvalue weighted by Gasteiger charge is 2.34. The zero-order valence-electron chi connectivity index (χ0n) is 45.2. The highest BCUT2D eigenvalue weighted by molar-refractivity contribution is 6.32. The molecular formula is C60H75ClN6O6. The van der Waals surface area contributed by atoms with Crippen LogP contribution in [-0.4, -0.2) is 96.3 Å². The van der Waals surface area contributed by atoms with Gasteiger partial charge in [-0.2, -0.15) is 0 Å². The summed E-state index contributed by atoms with van der Waals surface area (Å²) in [6.45, 7) is 28.1. The molecule has 0 radical (unpaired) electrons. The predicted molar refractivity (Wildman–Crippen MR) is 290 cm³/mol. The first kappa shape index (κ1) is 55.8. The molecule has 0 unspecified atom stereocenters. The lowest BCUT2D eigenvalue weighted by Crippen LogP contribution is -2.30. The molecule has 10 rings (SSSR count). The molecule has 0 atom stereocenters. The van der Waals surface area contributed by atoms with Gasteiger partial charge >= 0.3 is 0 Å². The summed E-state index contributed by atoms with van der Waals surface area (Å²) in [7, 11) is 1.64. The summed E-state index contributed by atoms with van der Waals surface area (Å²) in [5.41, 5.74) is 11.9. The summed E-state index contributed by atoms with van der Waals surface area (Å²) in [5, 5.41) is 0.694. The van der Waals surface area contributed by atoms with Crippen molar-refractivity contribution in [2.75, 3.05) is 7.11 Å². The van der Waals surface area contributed by atoms with Gasteiger partial charge in [0.15, 0.2) is 0 Å². The van der Waals surface area contributed by atoms with E-state index in [0.29, 0.717) is 24.7 Å². The third kappa shape index (κ3) is 12.6. The van der Waals surface area contributed by atoms with E-state index in [9.17, 15) is 24.0 Å². The van der Waals surface area contributed by atoms with Crippen LogP contribution in [0.15, 0.2) is 91.1 Å². The van der Waals surface area contributed by atoms with Gasteiger partial charge in [0, 0.05) is 94.4 Å². The molecule has 388 valence electrons. The Morgan fingerprint density at radius 3 is 1.58 bits per heavy atom. The van der Waals surface area contributed by atoms with Gasteiger partial charge in [-0.3, -0.25) is 29.0 Å². The molecule has 12 nitrogen and oxygen atoms in total. The van der Waals surface area contributed by atoms with Crippen LogP contribution >= 0.6 is 11.6 Å². The van der Waals surface area contributed by atoms with Gasteiger partial charge < -0.3 is 29.2 Å². The van der Waals surface area contributed by atoms with Crippen LogP contribution in [0.25, 0.3) is 0 Å². The molecule has 4 aromatic carbocycles. The number of pyridine rings is 1. The lowest BCUT2D eigenvalue weighted by Gasteiger charge is -2.19. The number of hydrogen-bond donors (Lipinski definition) is 0. The van der Waals surface area contributed by atoms with Crippen LogP contribution in [-0.2, 0) is 39.1 Å². The quantitative estimate of drug-likeness (QED) is 0.144. The minimum absolute atomic E-state index is 0.0949. The molecule has 0 bridgehead atoms. The second kappa shape index (κ2) is 24.5. The number of aryl methyl sites for hydroxylation is 2. The summed E-state index contributed by atoms with van der Waals surface area (Å²) >= 11 is 6.03. The zero-order valence-corrected chi connectivity index (χ0v) is 46.0. The van der Waals surface area contributed by atoms with E-state index in [1.165, 1.54) is 24.0 Å². The van der Waals surface area contributed by atoms with Crippen LogP contribution in [0.5, 0.6) is 5.75 Å². The summed E-state index contributed by atoms with van der Waals surface area (Å²) in [6.07, 6.45) is 5.30. The number of unbranched alkanes of at least 4 members (excludes halogenated alkanes) is 1. The first-order valence-electron chi connectivity index (χ1n) is 25.8. The van der Waals surface area contributed by atoms with Gasteiger partial charge in [-0.25, -0.2) is 0 Å². The van der Waals surface area contributed by atoms with E-state index >= 15 is 0 Å². The third-order valence-corrected chi connectivity index (χ3v) is 14.2. The number of rotatable bonds is 9. The Morgan fingerprint density at radius 1 is 0.521 bits per heavy atom. The second-order valence-electron chi connectivity index (χ2n) is 20.6. The van der Waals surface area contributed by atoms with Gasteiger partial charge in [0.25, 0.3) is 29.5 Å². The van der Waals surface area contributed by atoms with Crippen molar-refractivity contribution in [2.45, 2.75) is 165 Å². The minimum Gasteiger partial charge on any atom is -0.496 e. The van der Waals surface area contributed by atoms with Gasteiger partial charge in [-0.05, 0) is 154 Å². The average molecular weight is 1010 g/mol.